The maximum absolute atomic E-state index is 10.6. The highest BCUT2D eigenvalue weighted by Crippen LogP contribution is 2.12. The molecule has 5 nitrogen and oxygen atoms in total. The standard InChI is InChI=1S/C13H17N3O2/c14-16-15-12(10-13(17)18)9-5-4-8-11-6-2-1-3-7-11/h1-3,6-7,12H,4-5,8-10H2,(H,17,18). The average molecular weight is 247 g/mol. The predicted molar refractivity (Wildman–Crippen MR) is 69.2 cm³/mol. The zero-order valence-electron chi connectivity index (χ0n) is 10.2. The van der Waals surface area contributed by atoms with Gasteiger partial charge in [0.1, 0.15) is 0 Å². The molecule has 1 rings (SSSR count). The molecule has 0 fully saturated rings. The van der Waals surface area contributed by atoms with Gasteiger partial charge in [0.25, 0.3) is 0 Å². The fourth-order valence-corrected chi connectivity index (χ4v) is 1.83. The van der Waals surface area contributed by atoms with Gasteiger partial charge >= 0.3 is 5.97 Å². The van der Waals surface area contributed by atoms with Gasteiger partial charge in [-0.15, -0.1) is 0 Å². The van der Waals surface area contributed by atoms with Gasteiger partial charge in [0.15, 0.2) is 0 Å². The molecule has 1 aromatic rings. The number of benzene rings is 1. The number of carboxylic acids is 1. The summed E-state index contributed by atoms with van der Waals surface area (Å²) in [5.74, 6) is -0.921. The lowest BCUT2D eigenvalue weighted by molar-refractivity contribution is -0.137. The normalized spacial score (nSPS) is 11.6. The number of hydrogen-bond acceptors (Lipinski definition) is 2. The third-order valence-electron chi connectivity index (χ3n) is 2.72. The summed E-state index contributed by atoms with van der Waals surface area (Å²) in [6.07, 6.45) is 3.35. The summed E-state index contributed by atoms with van der Waals surface area (Å²) in [5.41, 5.74) is 9.62. The molecule has 1 N–H and O–H groups in total. The van der Waals surface area contributed by atoms with E-state index in [1.165, 1.54) is 5.56 Å². The Balaban J connectivity index is 2.26. The number of carbonyl (C=O) groups is 1. The molecular formula is C13H17N3O2. The zero-order chi connectivity index (χ0) is 13.2. The fraction of sp³-hybridized carbons (Fsp3) is 0.462. The minimum atomic E-state index is -0.921. The summed E-state index contributed by atoms with van der Waals surface area (Å²) >= 11 is 0. The Bertz CT molecular complexity index is 414. The first-order valence-corrected chi connectivity index (χ1v) is 6.02. The first-order valence-electron chi connectivity index (χ1n) is 6.02. The molecule has 18 heavy (non-hydrogen) atoms. The highest BCUT2D eigenvalue weighted by molar-refractivity contribution is 5.67. The Kier molecular flexibility index (Phi) is 6.36. The quantitative estimate of drug-likeness (QED) is 0.329. The molecule has 0 aliphatic heterocycles. The van der Waals surface area contributed by atoms with Crippen LogP contribution in [-0.4, -0.2) is 17.1 Å². The van der Waals surface area contributed by atoms with Gasteiger partial charge in [0, 0.05) is 11.0 Å². The number of carboxylic acid groups (broad SMARTS) is 1. The molecule has 1 atom stereocenters. The molecule has 0 saturated carbocycles. The Morgan fingerprint density at radius 3 is 2.67 bits per heavy atom. The highest BCUT2D eigenvalue weighted by Gasteiger charge is 2.10. The van der Waals surface area contributed by atoms with Crippen molar-refractivity contribution < 1.29 is 9.90 Å². The second-order valence-electron chi connectivity index (χ2n) is 4.19. The summed E-state index contributed by atoms with van der Waals surface area (Å²) in [6.45, 7) is 0. The molecule has 0 amide bonds. The van der Waals surface area contributed by atoms with Crippen molar-refractivity contribution in [2.24, 2.45) is 5.11 Å². The molecule has 0 bridgehead atoms. The second kappa shape index (κ2) is 8.14. The number of rotatable bonds is 8. The van der Waals surface area contributed by atoms with Crippen LogP contribution in [0.4, 0.5) is 0 Å². The Labute approximate surface area is 106 Å². The van der Waals surface area contributed by atoms with Crippen LogP contribution in [0.1, 0.15) is 31.2 Å². The molecule has 5 heteroatoms. The molecule has 0 heterocycles. The van der Waals surface area contributed by atoms with Gasteiger partial charge in [0.05, 0.1) is 6.42 Å². The SMILES string of the molecule is [N-]=[N+]=NC(CCCCc1ccccc1)CC(=O)O. The number of nitrogens with zero attached hydrogens (tertiary/aromatic N) is 3. The Morgan fingerprint density at radius 2 is 2.06 bits per heavy atom. The topological polar surface area (TPSA) is 86.1 Å². The van der Waals surface area contributed by atoms with Gasteiger partial charge in [0.2, 0.25) is 0 Å². The number of azide groups is 1. The van der Waals surface area contributed by atoms with E-state index in [4.69, 9.17) is 10.6 Å². The van der Waals surface area contributed by atoms with Gasteiger partial charge in [-0.2, -0.15) is 0 Å². The van der Waals surface area contributed by atoms with Gasteiger partial charge in [-0.3, -0.25) is 4.79 Å². The van der Waals surface area contributed by atoms with E-state index in [1.54, 1.807) is 0 Å². The van der Waals surface area contributed by atoms with Gasteiger partial charge in [-0.25, -0.2) is 0 Å². The van der Waals surface area contributed by atoms with Crippen LogP contribution in [-0.2, 0) is 11.2 Å². The van der Waals surface area contributed by atoms with E-state index in [1.807, 2.05) is 18.2 Å². The van der Waals surface area contributed by atoms with Crippen LogP contribution in [0.2, 0.25) is 0 Å². The van der Waals surface area contributed by atoms with Gasteiger partial charge in [-0.1, -0.05) is 41.9 Å². The first kappa shape index (κ1) is 14.1. The molecule has 0 radical (unpaired) electrons. The third-order valence-corrected chi connectivity index (χ3v) is 2.72. The average Bonchev–Trinajstić information content (AvgIpc) is 2.35. The van der Waals surface area contributed by atoms with E-state index >= 15 is 0 Å². The molecule has 96 valence electrons. The number of hydrogen-bond donors (Lipinski definition) is 1. The summed E-state index contributed by atoms with van der Waals surface area (Å²) in [5, 5.41) is 12.2. The van der Waals surface area contributed by atoms with E-state index in [0.717, 1.165) is 19.3 Å². The molecular weight excluding hydrogens is 230 g/mol. The van der Waals surface area contributed by atoms with Crippen molar-refractivity contribution >= 4 is 5.97 Å². The van der Waals surface area contributed by atoms with Crippen molar-refractivity contribution in [3.8, 4) is 0 Å². The van der Waals surface area contributed by atoms with Crippen LogP contribution in [0.3, 0.4) is 0 Å². The van der Waals surface area contributed by atoms with Crippen LogP contribution < -0.4 is 0 Å². The van der Waals surface area contributed by atoms with Gasteiger partial charge < -0.3 is 5.11 Å². The third kappa shape index (κ3) is 5.92. The van der Waals surface area contributed by atoms with Crippen molar-refractivity contribution in [3.05, 3.63) is 46.3 Å². The molecule has 1 aromatic carbocycles. The molecule has 0 aliphatic rings. The second-order valence-corrected chi connectivity index (χ2v) is 4.19. The number of aryl methyl sites for hydroxylation is 1. The smallest absolute Gasteiger partial charge is 0.303 e. The Morgan fingerprint density at radius 1 is 1.33 bits per heavy atom. The predicted octanol–water partition coefficient (Wildman–Crippen LogP) is 3.55. The van der Waals surface area contributed by atoms with E-state index in [2.05, 4.69) is 22.2 Å². The summed E-state index contributed by atoms with van der Waals surface area (Å²) < 4.78 is 0. The van der Waals surface area contributed by atoms with Crippen LogP contribution in [0.25, 0.3) is 10.4 Å². The number of aliphatic carboxylic acids is 1. The Hall–Kier alpha value is -2.00. The highest BCUT2D eigenvalue weighted by atomic mass is 16.4. The summed E-state index contributed by atoms with van der Waals surface area (Å²) in [6, 6.07) is 9.70. The van der Waals surface area contributed by atoms with Crippen molar-refractivity contribution in [1.82, 2.24) is 0 Å². The minimum absolute atomic E-state index is 0.0879. The zero-order valence-corrected chi connectivity index (χ0v) is 10.2. The summed E-state index contributed by atoms with van der Waals surface area (Å²) in [7, 11) is 0. The van der Waals surface area contributed by atoms with E-state index in [-0.39, 0.29) is 6.42 Å². The maximum atomic E-state index is 10.6. The van der Waals surface area contributed by atoms with Crippen molar-refractivity contribution in [3.63, 3.8) is 0 Å². The molecule has 0 saturated heterocycles. The fourth-order valence-electron chi connectivity index (χ4n) is 1.83. The van der Waals surface area contributed by atoms with Crippen LogP contribution in [0.5, 0.6) is 0 Å². The lowest BCUT2D eigenvalue weighted by Crippen LogP contribution is -2.10. The van der Waals surface area contributed by atoms with Crippen LogP contribution in [0.15, 0.2) is 35.4 Å². The van der Waals surface area contributed by atoms with Crippen LogP contribution in [0, 0.1) is 0 Å². The lowest BCUT2D eigenvalue weighted by Gasteiger charge is -2.07. The van der Waals surface area contributed by atoms with E-state index < -0.39 is 12.0 Å². The summed E-state index contributed by atoms with van der Waals surface area (Å²) in [4.78, 5) is 13.2. The molecule has 1 unspecified atom stereocenters. The lowest BCUT2D eigenvalue weighted by atomic mass is 10.0. The largest absolute Gasteiger partial charge is 0.481 e. The first-order chi connectivity index (χ1) is 8.72. The van der Waals surface area contributed by atoms with Crippen molar-refractivity contribution in [2.75, 3.05) is 0 Å². The molecule has 0 spiro atoms. The van der Waals surface area contributed by atoms with Gasteiger partial charge in [-0.05, 0) is 30.4 Å². The maximum Gasteiger partial charge on any atom is 0.303 e. The van der Waals surface area contributed by atoms with Crippen molar-refractivity contribution in [1.29, 1.82) is 0 Å². The van der Waals surface area contributed by atoms with Crippen LogP contribution >= 0.6 is 0 Å². The van der Waals surface area contributed by atoms with E-state index in [9.17, 15) is 4.79 Å². The molecule has 0 aromatic heterocycles. The van der Waals surface area contributed by atoms with Crippen molar-refractivity contribution in [2.45, 2.75) is 38.1 Å². The molecule has 0 aliphatic carbocycles. The van der Waals surface area contributed by atoms with E-state index in [0.29, 0.717) is 6.42 Å². The number of unbranched alkanes of at least 4 members (excludes halogenated alkanes) is 1. The minimum Gasteiger partial charge on any atom is -0.481 e. The monoisotopic (exact) mass is 247 g/mol.